The monoisotopic (exact) mass is 224 g/mol. The van der Waals surface area contributed by atoms with E-state index in [4.69, 9.17) is 5.73 Å². The number of aromatic nitrogens is 3. The average Bonchev–Trinajstić information content (AvgIpc) is 2.72. The summed E-state index contributed by atoms with van der Waals surface area (Å²) in [6.45, 7) is 2.06. The Hall–Kier alpha value is -2.36. The largest absolute Gasteiger partial charge is 0.397 e. The fourth-order valence-corrected chi connectivity index (χ4v) is 1.85. The van der Waals surface area contributed by atoms with Crippen LogP contribution in [0.3, 0.4) is 0 Å². The maximum absolute atomic E-state index is 5.71. The molecule has 4 heteroatoms. The Labute approximate surface area is 98.5 Å². The smallest absolute Gasteiger partial charge is 0.140 e. The summed E-state index contributed by atoms with van der Waals surface area (Å²) in [4.78, 5) is 11.9. The molecule has 0 atom stereocenters. The van der Waals surface area contributed by atoms with E-state index in [1.54, 1.807) is 12.4 Å². The van der Waals surface area contributed by atoms with Gasteiger partial charge in [-0.25, -0.2) is 4.98 Å². The van der Waals surface area contributed by atoms with Crippen LogP contribution in [0.5, 0.6) is 0 Å². The van der Waals surface area contributed by atoms with Crippen LogP contribution in [-0.2, 0) is 0 Å². The van der Waals surface area contributed by atoms with E-state index in [0.29, 0.717) is 5.69 Å². The second-order valence-electron chi connectivity index (χ2n) is 4.11. The standard InChI is InChI=1S/C13H12N4/c1-8-2-3-11-12(4-8)17-13(16-11)9-5-10(14)7-15-6-9/h2-7H,14H2,1H3,(H,16,17). The van der Waals surface area contributed by atoms with E-state index in [0.717, 1.165) is 22.4 Å². The van der Waals surface area contributed by atoms with Crippen LogP contribution >= 0.6 is 0 Å². The summed E-state index contributed by atoms with van der Waals surface area (Å²) >= 11 is 0. The van der Waals surface area contributed by atoms with E-state index >= 15 is 0 Å². The van der Waals surface area contributed by atoms with Crippen molar-refractivity contribution in [2.75, 3.05) is 5.73 Å². The molecule has 1 aromatic carbocycles. The molecule has 0 spiro atoms. The number of nitrogens with one attached hydrogen (secondary N) is 1. The van der Waals surface area contributed by atoms with Gasteiger partial charge in [-0.15, -0.1) is 0 Å². The lowest BCUT2D eigenvalue weighted by molar-refractivity contribution is 1.28. The first kappa shape index (κ1) is 9.84. The van der Waals surface area contributed by atoms with Crippen LogP contribution in [0.15, 0.2) is 36.7 Å². The SMILES string of the molecule is Cc1ccc2nc(-c3cncc(N)c3)[nH]c2c1. The lowest BCUT2D eigenvalue weighted by Gasteiger charge is -1.96. The number of hydrogen-bond donors (Lipinski definition) is 2. The molecule has 0 bridgehead atoms. The van der Waals surface area contributed by atoms with Gasteiger partial charge in [0, 0.05) is 18.0 Å². The molecular formula is C13H12N4. The number of fused-ring (bicyclic) bond motifs is 1. The Morgan fingerprint density at radius 2 is 2.06 bits per heavy atom. The fraction of sp³-hybridized carbons (Fsp3) is 0.0769. The Morgan fingerprint density at radius 3 is 2.88 bits per heavy atom. The molecule has 0 aliphatic rings. The van der Waals surface area contributed by atoms with Crippen molar-refractivity contribution >= 4 is 16.7 Å². The summed E-state index contributed by atoms with van der Waals surface area (Å²) < 4.78 is 0. The number of nitrogens with zero attached hydrogens (tertiary/aromatic N) is 2. The minimum Gasteiger partial charge on any atom is -0.397 e. The molecule has 84 valence electrons. The second kappa shape index (κ2) is 3.59. The minimum atomic E-state index is 0.638. The average molecular weight is 224 g/mol. The number of imidazole rings is 1. The van der Waals surface area contributed by atoms with Crippen LogP contribution < -0.4 is 5.73 Å². The summed E-state index contributed by atoms with van der Waals surface area (Å²) in [5.74, 6) is 0.797. The number of aryl methyl sites for hydroxylation is 1. The topological polar surface area (TPSA) is 67.6 Å². The van der Waals surface area contributed by atoms with Crippen molar-refractivity contribution in [3.63, 3.8) is 0 Å². The van der Waals surface area contributed by atoms with Crippen LogP contribution in [0.1, 0.15) is 5.56 Å². The molecule has 3 aromatic rings. The van der Waals surface area contributed by atoms with Gasteiger partial charge < -0.3 is 10.7 Å². The van der Waals surface area contributed by atoms with Crippen molar-refractivity contribution in [3.05, 3.63) is 42.2 Å². The molecule has 0 aliphatic carbocycles. The van der Waals surface area contributed by atoms with Gasteiger partial charge in [0.15, 0.2) is 0 Å². The van der Waals surface area contributed by atoms with Crippen LogP contribution in [-0.4, -0.2) is 15.0 Å². The third-order valence-electron chi connectivity index (χ3n) is 2.67. The third kappa shape index (κ3) is 1.73. The van der Waals surface area contributed by atoms with Crippen LogP contribution in [0.2, 0.25) is 0 Å². The predicted molar refractivity (Wildman–Crippen MR) is 68.5 cm³/mol. The first-order valence-corrected chi connectivity index (χ1v) is 5.40. The number of hydrogen-bond acceptors (Lipinski definition) is 3. The number of aromatic amines is 1. The van der Waals surface area contributed by atoms with Crippen molar-refractivity contribution < 1.29 is 0 Å². The quantitative estimate of drug-likeness (QED) is 0.667. The van der Waals surface area contributed by atoms with Gasteiger partial charge in [-0.3, -0.25) is 4.98 Å². The van der Waals surface area contributed by atoms with Crippen molar-refractivity contribution in [3.8, 4) is 11.4 Å². The van der Waals surface area contributed by atoms with Gasteiger partial charge in [0.2, 0.25) is 0 Å². The summed E-state index contributed by atoms with van der Waals surface area (Å²) in [6.07, 6.45) is 3.37. The van der Waals surface area contributed by atoms with Gasteiger partial charge >= 0.3 is 0 Å². The van der Waals surface area contributed by atoms with Crippen molar-refractivity contribution in [2.24, 2.45) is 0 Å². The fourth-order valence-electron chi connectivity index (χ4n) is 1.85. The van der Waals surface area contributed by atoms with Crippen LogP contribution in [0.4, 0.5) is 5.69 Å². The molecule has 0 amide bonds. The van der Waals surface area contributed by atoms with E-state index in [1.165, 1.54) is 5.56 Å². The molecule has 17 heavy (non-hydrogen) atoms. The number of anilines is 1. The highest BCUT2D eigenvalue weighted by Crippen LogP contribution is 2.21. The first-order valence-electron chi connectivity index (χ1n) is 5.40. The molecule has 0 saturated heterocycles. The molecule has 3 N–H and O–H groups in total. The van der Waals surface area contributed by atoms with Gasteiger partial charge in [-0.2, -0.15) is 0 Å². The zero-order valence-corrected chi connectivity index (χ0v) is 9.44. The van der Waals surface area contributed by atoms with Gasteiger partial charge in [-0.1, -0.05) is 6.07 Å². The zero-order chi connectivity index (χ0) is 11.8. The molecule has 0 radical (unpaired) electrons. The van der Waals surface area contributed by atoms with Crippen molar-refractivity contribution in [2.45, 2.75) is 6.92 Å². The van der Waals surface area contributed by atoms with E-state index < -0.39 is 0 Å². The van der Waals surface area contributed by atoms with Crippen LogP contribution in [0.25, 0.3) is 22.4 Å². The number of nitrogen functional groups attached to an aromatic ring is 1. The Morgan fingerprint density at radius 1 is 1.18 bits per heavy atom. The molecule has 0 aliphatic heterocycles. The highest BCUT2D eigenvalue weighted by atomic mass is 14.9. The van der Waals surface area contributed by atoms with E-state index in [1.807, 2.05) is 18.2 Å². The number of nitrogens with two attached hydrogens (primary N) is 1. The Balaban J connectivity index is 2.18. The normalized spacial score (nSPS) is 10.9. The molecule has 0 fully saturated rings. The second-order valence-corrected chi connectivity index (χ2v) is 4.11. The summed E-state index contributed by atoms with van der Waals surface area (Å²) in [5, 5.41) is 0. The highest BCUT2D eigenvalue weighted by Gasteiger charge is 2.05. The number of pyridine rings is 1. The van der Waals surface area contributed by atoms with E-state index in [2.05, 4.69) is 27.9 Å². The first-order chi connectivity index (χ1) is 8.22. The number of benzene rings is 1. The van der Waals surface area contributed by atoms with Crippen LogP contribution in [0, 0.1) is 6.92 Å². The molecular weight excluding hydrogens is 212 g/mol. The van der Waals surface area contributed by atoms with Crippen molar-refractivity contribution in [1.29, 1.82) is 0 Å². The summed E-state index contributed by atoms with van der Waals surface area (Å²) in [7, 11) is 0. The van der Waals surface area contributed by atoms with Crippen molar-refractivity contribution in [1.82, 2.24) is 15.0 Å². The Bertz CT molecular complexity index is 685. The molecule has 0 saturated carbocycles. The molecule has 2 aromatic heterocycles. The number of rotatable bonds is 1. The Kier molecular flexibility index (Phi) is 2.08. The molecule has 3 rings (SSSR count). The highest BCUT2D eigenvalue weighted by molar-refractivity contribution is 5.80. The van der Waals surface area contributed by atoms with Gasteiger partial charge in [0.05, 0.1) is 16.7 Å². The number of H-pyrrole nitrogens is 1. The molecule has 0 unspecified atom stereocenters. The lowest BCUT2D eigenvalue weighted by atomic mass is 10.2. The predicted octanol–water partition coefficient (Wildman–Crippen LogP) is 2.52. The maximum atomic E-state index is 5.71. The van der Waals surface area contributed by atoms with Gasteiger partial charge in [-0.05, 0) is 30.7 Å². The molecule has 4 nitrogen and oxygen atoms in total. The van der Waals surface area contributed by atoms with E-state index in [-0.39, 0.29) is 0 Å². The zero-order valence-electron chi connectivity index (χ0n) is 9.44. The maximum Gasteiger partial charge on any atom is 0.140 e. The molecule has 2 heterocycles. The minimum absolute atomic E-state index is 0.638. The lowest BCUT2D eigenvalue weighted by Crippen LogP contribution is -1.88. The van der Waals surface area contributed by atoms with Gasteiger partial charge in [0.1, 0.15) is 5.82 Å². The summed E-state index contributed by atoms with van der Waals surface area (Å²) in [5.41, 5.74) is 10.4. The van der Waals surface area contributed by atoms with Gasteiger partial charge in [0.25, 0.3) is 0 Å². The summed E-state index contributed by atoms with van der Waals surface area (Å²) in [6, 6.07) is 7.98. The third-order valence-corrected chi connectivity index (χ3v) is 2.67. The van der Waals surface area contributed by atoms with E-state index in [9.17, 15) is 0 Å².